The first-order valence-electron chi connectivity index (χ1n) is 8.33. The van der Waals surface area contributed by atoms with Crippen LogP contribution in [0.3, 0.4) is 0 Å². The monoisotopic (exact) mass is 381 g/mol. The van der Waals surface area contributed by atoms with E-state index in [1.165, 1.54) is 24.3 Å². The van der Waals surface area contributed by atoms with Crippen molar-refractivity contribution in [3.8, 4) is 11.6 Å². The zero-order valence-electron chi connectivity index (χ0n) is 14.8. The molecule has 0 aliphatic carbocycles. The SMILES string of the molecule is C=C(N)c1ccc(CNC(=O)c2cc(F)cnc2Oc2ccc(F)cc2)cc1. The molecule has 0 bridgehead atoms. The number of ether oxygens (including phenoxy) is 1. The largest absolute Gasteiger partial charge is 0.438 e. The summed E-state index contributed by atoms with van der Waals surface area (Å²) in [6.07, 6.45) is 0.939. The molecule has 142 valence electrons. The number of carbonyl (C=O) groups is 1. The van der Waals surface area contributed by atoms with Crippen LogP contribution in [0.2, 0.25) is 0 Å². The molecule has 0 atom stereocenters. The molecule has 0 aliphatic rings. The Morgan fingerprint density at radius 2 is 1.75 bits per heavy atom. The average molecular weight is 381 g/mol. The summed E-state index contributed by atoms with van der Waals surface area (Å²) >= 11 is 0. The van der Waals surface area contributed by atoms with Crippen LogP contribution in [0.4, 0.5) is 8.78 Å². The maximum Gasteiger partial charge on any atom is 0.257 e. The quantitative estimate of drug-likeness (QED) is 0.676. The van der Waals surface area contributed by atoms with E-state index in [1.54, 1.807) is 24.3 Å². The van der Waals surface area contributed by atoms with E-state index in [-0.39, 0.29) is 23.7 Å². The zero-order chi connectivity index (χ0) is 20.1. The molecule has 0 saturated heterocycles. The maximum atomic E-state index is 13.6. The van der Waals surface area contributed by atoms with Gasteiger partial charge in [0, 0.05) is 12.2 Å². The zero-order valence-corrected chi connectivity index (χ0v) is 14.8. The summed E-state index contributed by atoms with van der Waals surface area (Å²) in [5.41, 5.74) is 7.61. The van der Waals surface area contributed by atoms with Crippen molar-refractivity contribution in [2.24, 2.45) is 5.73 Å². The summed E-state index contributed by atoms with van der Waals surface area (Å²) in [4.78, 5) is 16.3. The summed E-state index contributed by atoms with van der Waals surface area (Å²) in [7, 11) is 0. The number of hydrogen-bond donors (Lipinski definition) is 2. The number of rotatable bonds is 6. The van der Waals surface area contributed by atoms with Gasteiger partial charge in [-0.3, -0.25) is 4.79 Å². The first-order chi connectivity index (χ1) is 13.4. The predicted octanol–water partition coefficient (Wildman–Crippen LogP) is 4.01. The van der Waals surface area contributed by atoms with Crippen LogP contribution in [0.25, 0.3) is 5.70 Å². The van der Waals surface area contributed by atoms with E-state index >= 15 is 0 Å². The highest BCUT2D eigenvalue weighted by atomic mass is 19.1. The molecule has 1 heterocycles. The van der Waals surface area contributed by atoms with E-state index in [2.05, 4.69) is 16.9 Å². The number of nitrogens with one attached hydrogen (secondary N) is 1. The smallest absolute Gasteiger partial charge is 0.257 e. The van der Waals surface area contributed by atoms with Crippen molar-refractivity contribution in [2.45, 2.75) is 6.54 Å². The van der Waals surface area contributed by atoms with Crippen molar-refractivity contribution < 1.29 is 18.3 Å². The third-order valence-corrected chi connectivity index (χ3v) is 3.87. The third kappa shape index (κ3) is 4.70. The van der Waals surface area contributed by atoms with Gasteiger partial charge in [0.05, 0.1) is 6.20 Å². The Labute approximate surface area is 160 Å². The Morgan fingerprint density at radius 1 is 1.07 bits per heavy atom. The molecule has 0 aliphatic heterocycles. The van der Waals surface area contributed by atoms with E-state index in [4.69, 9.17) is 10.5 Å². The first kappa shape index (κ1) is 19.0. The van der Waals surface area contributed by atoms with E-state index < -0.39 is 17.5 Å². The molecule has 3 aromatic rings. The van der Waals surface area contributed by atoms with Crippen LogP contribution in [0.1, 0.15) is 21.5 Å². The number of nitrogens with zero attached hydrogens (tertiary/aromatic N) is 1. The molecule has 0 spiro atoms. The Bertz CT molecular complexity index is 1000. The summed E-state index contributed by atoms with van der Waals surface area (Å²) in [5.74, 6) is -1.48. The minimum absolute atomic E-state index is 0.0729. The second-order valence-electron chi connectivity index (χ2n) is 5.97. The number of carbonyl (C=O) groups excluding carboxylic acids is 1. The highest BCUT2D eigenvalue weighted by Crippen LogP contribution is 2.24. The fourth-order valence-corrected chi connectivity index (χ4v) is 2.40. The van der Waals surface area contributed by atoms with Crippen LogP contribution >= 0.6 is 0 Å². The van der Waals surface area contributed by atoms with Crippen LogP contribution in [0, 0.1) is 11.6 Å². The van der Waals surface area contributed by atoms with Gasteiger partial charge in [0.2, 0.25) is 5.88 Å². The number of nitrogens with two attached hydrogens (primary N) is 1. The highest BCUT2D eigenvalue weighted by Gasteiger charge is 2.16. The van der Waals surface area contributed by atoms with E-state index in [9.17, 15) is 13.6 Å². The number of pyridine rings is 1. The van der Waals surface area contributed by atoms with Crippen LogP contribution in [0.5, 0.6) is 11.6 Å². The van der Waals surface area contributed by atoms with Gasteiger partial charge in [-0.2, -0.15) is 0 Å². The first-order valence-corrected chi connectivity index (χ1v) is 8.33. The standard InChI is InChI=1S/C21H17F2N3O2/c1-13(24)15-4-2-14(3-5-15)11-25-20(27)19-10-17(23)12-26-21(19)28-18-8-6-16(22)7-9-18/h2-10,12H,1,11,24H2,(H,25,27). The van der Waals surface area contributed by atoms with Gasteiger partial charge in [0.1, 0.15) is 22.9 Å². The molecular weight excluding hydrogens is 364 g/mol. The van der Waals surface area contributed by atoms with Crippen LogP contribution in [-0.4, -0.2) is 10.9 Å². The topological polar surface area (TPSA) is 77.2 Å². The second kappa shape index (κ2) is 8.30. The summed E-state index contributed by atoms with van der Waals surface area (Å²) < 4.78 is 32.1. The average Bonchev–Trinajstić information content (AvgIpc) is 2.69. The lowest BCUT2D eigenvalue weighted by Gasteiger charge is -2.11. The Balaban J connectivity index is 1.74. The van der Waals surface area contributed by atoms with Crippen molar-refractivity contribution in [3.63, 3.8) is 0 Å². The molecule has 2 aromatic carbocycles. The van der Waals surface area contributed by atoms with E-state index in [1.807, 2.05) is 0 Å². The summed E-state index contributed by atoms with van der Waals surface area (Å²) in [6.45, 7) is 3.87. The second-order valence-corrected chi connectivity index (χ2v) is 5.97. The number of aromatic nitrogens is 1. The maximum absolute atomic E-state index is 13.6. The minimum atomic E-state index is -0.678. The molecule has 7 heteroatoms. The van der Waals surface area contributed by atoms with Gasteiger partial charge in [0.15, 0.2) is 0 Å². The highest BCUT2D eigenvalue weighted by molar-refractivity contribution is 5.96. The molecule has 28 heavy (non-hydrogen) atoms. The molecule has 3 N–H and O–H groups in total. The number of amides is 1. The lowest BCUT2D eigenvalue weighted by atomic mass is 10.1. The summed E-state index contributed by atoms with van der Waals surface area (Å²) in [5, 5.41) is 2.69. The lowest BCUT2D eigenvalue weighted by Crippen LogP contribution is -2.23. The Kier molecular flexibility index (Phi) is 5.64. The van der Waals surface area contributed by atoms with Crippen LogP contribution in [-0.2, 0) is 6.54 Å². The van der Waals surface area contributed by atoms with Crippen molar-refractivity contribution in [1.29, 1.82) is 0 Å². The van der Waals surface area contributed by atoms with E-state index in [0.29, 0.717) is 5.70 Å². The van der Waals surface area contributed by atoms with Crippen molar-refractivity contribution in [1.82, 2.24) is 10.3 Å². The number of halogens is 2. The molecular formula is C21H17F2N3O2. The van der Waals surface area contributed by atoms with Crippen molar-refractivity contribution in [2.75, 3.05) is 0 Å². The van der Waals surface area contributed by atoms with Gasteiger partial charge in [0.25, 0.3) is 5.91 Å². The van der Waals surface area contributed by atoms with E-state index in [0.717, 1.165) is 23.4 Å². The molecule has 1 aromatic heterocycles. The van der Waals surface area contributed by atoms with Gasteiger partial charge >= 0.3 is 0 Å². The summed E-state index contributed by atoms with van der Waals surface area (Å²) in [6, 6.07) is 13.4. The number of hydrogen-bond acceptors (Lipinski definition) is 4. The molecule has 0 fully saturated rings. The van der Waals surface area contributed by atoms with Gasteiger partial charge in [-0.15, -0.1) is 0 Å². The van der Waals surface area contributed by atoms with Crippen LogP contribution in [0.15, 0.2) is 67.4 Å². The fourth-order valence-electron chi connectivity index (χ4n) is 2.40. The lowest BCUT2D eigenvalue weighted by molar-refractivity contribution is 0.0947. The van der Waals surface area contributed by atoms with Crippen molar-refractivity contribution in [3.05, 3.63) is 95.7 Å². The molecule has 3 rings (SSSR count). The fraction of sp³-hybridized carbons (Fsp3) is 0.0476. The normalized spacial score (nSPS) is 10.4. The molecule has 0 unspecified atom stereocenters. The minimum Gasteiger partial charge on any atom is -0.438 e. The molecule has 0 radical (unpaired) electrons. The van der Waals surface area contributed by atoms with Crippen molar-refractivity contribution >= 4 is 11.6 Å². The van der Waals surface area contributed by atoms with Gasteiger partial charge in [-0.1, -0.05) is 30.8 Å². The van der Waals surface area contributed by atoms with Gasteiger partial charge in [-0.25, -0.2) is 13.8 Å². The Morgan fingerprint density at radius 3 is 2.39 bits per heavy atom. The van der Waals surface area contributed by atoms with Gasteiger partial charge < -0.3 is 15.8 Å². The predicted molar refractivity (Wildman–Crippen MR) is 102 cm³/mol. The third-order valence-electron chi connectivity index (χ3n) is 3.87. The van der Waals surface area contributed by atoms with Crippen LogP contribution < -0.4 is 15.8 Å². The molecule has 0 saturated carbocycles. The number of benzene rings is 2. The molecule has 5 nitrogen and oxygen atoms in total. The Hall–Kier alpha value is -3.74. The molecule has 1 amide bonds. The van der Waals surface area contributed by atoms with Gasteiger partial charge in [-0.05, 0) is 41.5 Å².